The molecule has 0 radical (unpaired) electrons. The monoisotopic (exact) mass is 989 g/mol. The first kappa shape index (κ1) is 49.5. The topological polar surface area (TPSA) is 30.2 Å². The average Bonchev–Trinajstić information content (AvgIpc) is 3.78. The van der Waals surface area contributed by atoms with Gasteiger partial charge in [-0.1, -0.05) is 59.4 Å². The Morgan fingerprint density at radius 3 is 1.06 bits per heavy atom. The lowest BCUT2D eigenvalue weighted by atomic mass is 9.12. The summed E-state index contributed by atoms with van der Waals surface area (Å²) < 4.78 is 301. The van der Waals surface area contributed by atoms with E-state index in [2.05, 4.69) is 0 Å². The molecule has 0 atom stereocenters. The van der Waals surface area contributed by atoms with Crippen LogP contribution in [-0.4, -0.2) is 12.1 Å². The van der Waals surface area contributed by atoms with Gasteiger partial charge in [0, 0.05) is 5.56 Å². The van der Waals surface area contributed by atoms with Gasteiger partial charge in [0.25, 0.3) is 0 Å². The quantitative estimate of drug-likeness (QED) is 0.0289. The Kier molecular flexibility index (Phi) is 13.9. The van der Waals surface area contributed by atoms with Crippen molar-refractivity contribution < 1.29 is 102 Å². The van der Waals surface area contributed by atoms with Crippen molar-refractivity contribution >= 4 is 45.3 Å². The van der Waals surface area contributed by atoms with E-state index in [4.69, 9.17) is 4.74 Å². The summed E-state index contributed by atoms with van der Waals surface area (Å²) in [6.07, 6.45) is -5.31. The molecule has 0 fully saturated rings. The molecule has 0 aliphatic carbocycles. The van der Waals surface area contributed by atoms with E-state index in [0.717, 1.165) is 11.1 Å². The summed E-state index contributed by atoms with van der Waals surface area (Å²) in [5, 5.41) is 2.48. The second-order valence-corrected chi connectivity index (χ2v) is 14.7. The summed E-state index contributed by atoms with van der Waals surface area (Å²) in [6.45, 7) is 2.65. The number of ether oxygens (including phenoxy) is 1. The van der Waals surface area contributed by atoms with Gasteiger partial charge in [0.15, 0.2) is 82.5 Å². The van der Waals surface area contributed by atoms with E-state index in [1.54, 1.807) is 0 Å². The Labute approximate surface area is 364 Å². The number of rotatable bonds is 8. The van der Waals surface area contributed by atoms with Gasteiger partial charge >= 0.3 is 11.0 Å². The van der Waals surface area contributed by atoms with Gasteiger partial charge in [-0.15, -0.1) is 21.9 Å². The SMILES string of the molecule is Cc1ccc(OC(=O)c2scc[n+]2Cc2ccccc2)cc1.Fc1c(F)c(F)c([B-](c2c(F)c(F)c(F)c(F)c2F)(c2c(F)c(F)c(F)c(F)c2F)c2c(F)c(F)c(F)c(F)c2F)c(F)c1F. The zero-order chi connectivity index (χ0) is 49.7. The number of carbonyl (C=O) groups is 1. The van der Waals surface area contributed by atoms with Crippen LogP contribution in [0.15, 0.2) is 66.2 Å². The Morgan fingerprint density at radius 1 is 0.448 bits per heavy atom. The van der Waals surface area contributed by atoms with Gasteiger partial charge < -0.3 is 4.74 Å². The minimum Gasteiger partial charge on any atom is -0.418 e. The second kappa shape index (κ2) is 18.8. The normalized spacial score (nSPS) is 11.5. The predicted molar refractivity (Wildman–Crippen MR) is 195 cm³/mol. The van der Waals surface area contributed by atoms with Gasteiger partial charge in [-0.2, -0.15) is 4.57 Å². The second-order valence-electron chi connectivity index (χ2n) is 13.8. The Hall–Kier alpha value is -6.92. The molecule has 7 aromatic rings. The van der Waals surface area contributed by atoms with Crippen LogP contribution < -0.4 is 31.2 Å². The summed E-state index contributed by atoms with van der Waals surface area (Å²) in [6, 6.07) is 17.5. The summed E-state index contributed by atoms with van der Waals surface area (Å²) >= 11 is 1.39. The highest BCUT2D eigenvalue weighted by atomic mass is 32.1. The fourth-order valence-corrected chi connectivity index (χ4v) is 7.74. The molecular weight excluding hydrogens is 973 g/mol. The lowest BCUT2D eigenvalue weighted by Crippen LogP contribution is -2.81. The molecule has 0 unspecified atom stereocenters. The van der Waals surface area contributed by atoms with Crippen LogP contribution in [0.4, 0.5) is 87.8 Å². The minimum absolute atomic E-state index is 0.324. The molecule has 1 aromatic heterocycles. The van der Waals surface area contributed by atoms with E-state index >= 15 is 35.1 Å². The number of aryl methyl sites for hydroxylation is 1. The number of aromatic nitrogens is 1. The average molecular weight is 989 g/mol. The van der Waals surface area contributed by atoms with E-state index in [-0.39, 0.29) is 5.97 Å². The van der Waals surface area contributed by atoms with Crippen LogP contribution in [0.5, 0.6) is 5.75 Å². The van der Waals surface area contributed by atoms with Gasteiger partial charge in [0.05, 0.1) is 5.38 Å². The Morgan fingerprint density at radius 2 is 0.746 bits per heavy atom. The molecule has 6 aromatic carbocycles. The summed E-state index contributed by atoms with van der Waals surface area (Å²) in [5.41, 5.74) is -12.0. The third-order valence-electron chi connectivity index (χ3n) is 9.99. The Balaban J connectivity index is 0.000000279. The predicted octanol–water partition coefficient (Wildman–Crippen LogP) is 9.46. The van der Waals surface area contributed by atoms with Gasteiger partial charge in [-0.25, -0.2) is 92.6 Å². The van der Waals surface area contributed by atoms with Gasteiger partial charge in [-0.05, 0) is 19.1 Å². The number of hydrogen-bond acceptors (Lipinski definition) is 3. The minimum atomic E-state index is -7.22. The first-order chi connectivity index (χ1) is 31.4. The van der Waals surface area contributed by atoms with Crippen molar-refractivity contribution in [2.75, 3.05) is 0 Å². The fraction of sp³-hybridized carbons (Fsp3) is 0.0476. The van der Waals surface area contributed by atoms with Gasteiger partial charge in [0.1, 0.15) is 58.4 Å². The summed E-state index contributed by atoms with van der Waals surface area (Å²) in [7, 11) is 0. The number of thiazole rings is 1. The number of hydrogen-bond donors (Lipinski definition) is 0. The highest BCUT2D eigenvalue weighted by Crippen LogP contribution is 2.31. The summed E-state index contributed by atoms with van der Waals surface area (Å²) in [5.74, 6) is -71.2. The molecule has 7 rings (SSSR count). The number of halogens is 20. The van der Waals surface area contributed by atoms with E-state index in [9.17, 15) is 57.5 Å². The number of carbonyl (C=O) groups excluding carboxylic acids is 1. The zero-order valence-electron chi connectivity index (χ0n) is 32.4. The van der Waals surface area contributed by atoms with E-state index in [1.165, 1.54) is 11.3 Å². The van der Waals surface area contributed by atoms with Crippen molar-refractivity contribution in [1.29, 1.82) is 0 Å². The van der Waals surface area contributed by atoms with Crippen molar-refractivity contribution in [3.05, 3.63) is 199 Å². The highest BCUT2D eigenvalue weighted by molar-refractivity contribution is 7.20. The Bertz CT molecular complexity index is 2730. The largest absolute Gasteiger partial charge is 0.420 e. The fourth-order valence-electron chi connectivity index (χ4n) is 7.00. The zero-order valence-corrected chi connectivity index (χ0v) is 33.2. The standard InChI is InChI=1S/C24BF20.C18H16NO2S/c26-5-1(6(27)14(35)21(42)13(5)34)25(2-7(28)15(36)22(43)16(37)8(2)29,3-9(30)17(38)23(44)18(39)10(3)31)4-11(32)19(40)24(45)20(41)12(4)33;1-14-7-9-16(10-8-14)21-18(20)17-19(11-12-22-17)13-15-5-3-2-4-6-15/h;2-12H,13H2,1H3/q-1;+1. The van der Waals surface area contributed by atoms with Crippen molar-refractivity contribution in [1.82, 2.24) is 0 Å². The van der Waals surface area contributed by atoms with Crippen LogP contribution in [0.2, 0.25) is 0 Å². The first-order valence-corrected chi connectivity index (χ1v) is 18.8. The van der Waals surface area contributed by atoms with E-state index in [1.807, 2.05) is 77.7 Å². The maximum atomic E-state index is 15.4. The molecule has 3 nitrogen and oxygen atoms in total. The molecule has 25 heteroatoms. The molecule has 350 valence electrons. The van der Waals surface area contributed by atoms with Crippen LogP contribution in [0.3, 0.4) is 0 Å². The van der Waals surface area contributed by atoms with Crippen molar-refractivity contribution in [3.63, 3.8) is 0 Å². The van der Waals surface area contributed by atoms with Crippen LogP contribution in [0.1, 0.15) is 20.9 Å². The van der Waals surface area contributed by atoms with Crippen LogP contribution >= 0.6 is 11.3 Å². The van der Waals surface area contributed by atoms with Crippen molar-refractivity contribution in [3.8, 4) is 5.75 Å². The molecule has 0 aliphatic rings. The summed E-state index contributed by atoms with van der Waals surface area (Å²) in [4.78, 5) is 12.3. The molecule has 1 heterocycles. The third kappa shape index (κ3) is 8.22. The molecule has 0 spiro atoms. The van der Waals surface area contributed by atoms with Gasteiger partial charge in [0.2, 0.25) is 0 Å². The molecule has 0 aliphatic heterocycles. The molecule has 0 bridgehead atoms. The van der Waals surface area contributed by atoms with E-state index in [0.29, 0.717) is 17.3 Å². The van der Waals surface area contributed by atoms with E-state index < -0.39 is 144 Å². The molecule has 0 amide bonds. The lowest BCUT2D eigenvalue weighted by Gasteiger charge is -2.44. The molecule has 67 heavy (non-hydrogen) atoms. The number of benzene rings is 6. The molecule has 0 N–H and O–H groups in total. The van der Waals surface area contributed by atoms with Crippen LogP contribution in [0, 0.1) is 123 Å². The maximum absolute atomic E-state index is 15.4. The molecule has 0 saturated carbocycles. The van der Waals surface area contributed by atoms with Crippen LogP contribution in [0.25, 0.3) is 0 Å². The third-order valence-corrected chi connectivity index (χ3v) is 10.9. The smallest absolute Gasteiger partial charge is 0.418 e. The van der Waals surface area contributed by atoms with Crippen molar-refractivity contribution in [2.24, 2.45) is 0 Å². The van der Waals surface area contributed by atoms with Crippen LogP contribution in [-0.2, 0) is 6.54 Å². The highest BCUT2D eigenvalue weighted by Gasteiger charge is 2.52. The number of esters is 1. The number of nitrogens with zero attached hydrogens (tertiary/aromatic N) is 1. The maximum Gasteiger partial charge on any atom is 0.420 e. The van der Waals surface area contributed by atoms with Gasteiger partial charge in [-0.3, -0.25) is 0 Å². The van der Waals surface area contributed by atoms with Crippen molar-refractivity contribution in [2.45, 2.75) is 13.5 Å². The molecule has 0 saturated heterocycles. The molecular formula is C42H16BF20NO2S. The first-order valence-electron chi connectivity index (χ1n) is 18.0. The lowest BCUT2D eigenvalue weighted by molar-refractivity contribution is -0.685.